The van der Waals surface area contributed by atoms with Gasteiger partial charge < -0.3 is 10.1 Å². The standard InChI is InChI=1S/C20H23N3O4/c1-14-12-22(13-19(27-14)16-7-4-3-5-8-16)15(2)20(24)21-17-9-6-10-18(11-17)23(25)26/h3-11,14-15,19H,12-13H2,1-2H3,(H,21,24). The van der Waals surface area contributed by atoms with Crippen molar-refractivity contribution >= 4 is 17.3 Å². The summed E-state index contributed by atoms with van der Waals surface area (Å²) >= 11 is 0. The SMILES string of the molecule is CC1CN(C(C)C(=O)Nc2cccc([N+](=O)[O-])c2)CC(c2ccccc2)O1. The first-order valence-electron chi connectivity index (χ1n) is 8.94. The van der Waals surface area contributed by atoms with E-state index in [0.29, 0.717) is 18.8 Å². The second-order valence-corrected chi connectivity index (χ2v) is 6.77. The number of hydrogen-bond donors (Lipinski definition) is 1. The second kappa shape index (κ2) is 8.28. The van der Waals surface area contributed by atoms with Gasteiger partial charge in [0.2, 0.25) is 5.91 Å². The molecule has 0 radical (unpaired) electrons. The van der Waals surface area contributed by atoms with Crippen LogP contribution in [0.3, 0.4) is 0 Å². The predicted molar refractivity (Wildman–Crippen MR) is 102 cm³/mol. The fourth-order valence-electron chi connectivity index (χ4n) is 3.26. The van der Waals surface area contributed by atoms with Gasteiger partial charge in [-0.05, 0) is 25.5 Å². The number of nitrogens with zero attached hydrogens (tertiary/aromatic N) is 2. The summed E-state index contributed by atoms with van der Waals surface area (Å²) in [7, 11) is 0. The van der Waals surface area contributed by atoms with Crippen LogP contribution in [0.4, 0.5) is 11.4 Å². The lowest BCUT2D eigenvalue weighted by molar-refractivity contribution is -0.384. The molecule has 0 spiro atoms. The van der Waals surface area contributed by atoms with Gasteiger partial charge in [0.1, 0.15) is 0 Å². The quantitative estimate of drug-likeness (QED) is 0.645. The third-order valence-corrected chi connectivity index (χ3v) is 4.71. The van der Waals surface area contributed by atoms with Crippen LogP contribution in [0.2, 0.25) is 0 Å². The summed E-state index contributed by atoms with van der Waals surface area (Å²) in [5.41, 5.74) is 1.45. The van der Waals surface area contributed by atoms with E-state index in [2.05, 4.69) is 10.2 Å². The first kappa shape index (κ1) is 19.0. The summed E-state index contributed by atoms with van der Waals surface area (Å²) in [5, 5.41) is 13.7. The Morgan fingerprint density at radius 1 is 1.22 bits per heavy atom. The molecule has 142 valence electrons. The number of amides is 1. The van der Waals surface area contributed by atoms with Crippen molar-refractivity contribution in [3.8, 4) is 0 Å². The Labute approximate surface area is 158 Å². The Morgan fingerprint density at radius 2 is 1.96 bits per heavy atom. The molecule has 2 aromatic rings. The topological polar surface area (TPSA) is 84.7 Å². The van der Waals surface area contributed by atoms with Crippen LogP contribution in [0.1, 0.15) is 25.5 Å². The Hall–Kier alpha value is -2.77. The van der Waals surface area contributed by atoms with Crippen LogP contribution in [0.25, 0.3) is 0 Å². The molecular formula is C20H23N3O4. The van der Waals surface area contributed by atoms with Gasteiger partial charge >= 0.3 is 0 Å². The van der Waals surface area contributed by atoms with Crippen molar-refractivity contribution in [2.24, 2.45) is 0 Å². The predicted octanol–water partition coefficient (Wildman–Crippen LogP) is 3.38. The third-order valence-electron chi connectivity index (χ3n) is 4.71. The van der Waals surface area contributed by atoms with Crippen molar-refractivity contribution in [1.29, 1.82) is 0 Å². The van der Waals surface area contributed by atoms with Crippen molar-refractivity contribution in [1.82, 2.24) is 4.90 Å². The van der Waals surface area contributed by atoms with Crippen LogP contribution < -0.4 is 5.32 Å². The molecule has 7 heteroatoms. The first-order chi connectivity index (χ1) is 12.9. The Kier molecular flexibility index (Phi) is 5.83. The van der Waals surface area contributed by atoms with E-state index in [4.69, 9.17) is 4.74 Å². The summed E-state index contributed by atoms with van der Waals surface area (Å²) in [6.07, 6.45) is -0.0972. The zero-order valence-corrected chi connectivity index (χ0v) is 15.4. The molecule has 1 heterocycles. The Morgan fingerprint density at radius 3 is 2.67 bits per heavy atom. The molecule has 3 atom stereocenters. The zero-order chi connectivity index (χ0) is 19.4. The maximum atomic E-state index is 12.7. The fraction of sp³-hybridized carbons (Fsp3) is 0.350. The minimum absolute atomic E-state index is 0.00276. The van der Waals surface area contributed by atoms with Crippen LogP contribution in [-0.2, 0) is 9.53 Å². The van der Waals surface area contributed by atoms with E-state index in [1.807, 2.05) is 44.2 Å². The summed E-state index contributed by atoms with van der Waals surface area (Å²) in [4.78, 5) is 25.2. The highest BCUT2D eigenvalue weighted by Gasteiger charge is 2.32. The van der Waals surface area contributed by atoms with Gasteiger partial charge in [0.25, 0.3) is 5.69 Å². The molecule has 1 aliphatic heterocycles. The van der Waals surface area contributed by atoms with Crippen LogP contribution in [0.5, 0.6) is 0 Å². The van der Waals surface area contributed by atoms with Crippen LogP contribution in [-0.4, -0.2) is 41.0 Å². The number of benzene rings is 2. The number of anilines is 1. The number of carbonyl (C=O) groups excluding carboxylic acids is 1. The largest absolute Gasteiger partial charge is 0.368 e. The van der Waals surface area contributed by atoms with Crippen LogP contribution in [0.15, 0.2) is 54.6 Å². The molecular weight excluding hydrogens is 346 g/mol. The molecule has 0 saturated carbocycles. The number of nitrogens with one attached hydrogen (secondary N) is 1. The van der Waals surface area contributed by atoms with Crippen LogP contribution >= 0.6 is 0 Å². The maximum absolute atomic E-state index is 12.7. The van der Waals surface area contributed by atoms with Crippen molar-refractivity contribution < 1.29 is 14.5 Å². The molecule has 3 unspecified atom stereocenters. The van der Waals surface area contributed by atoms with Gasteiger partial charge in [-0.2, -0.15) is 0 Å². The molecule has 1 saturated heterocycles. The molecule has 7 nitrogen and oxygen atoms in total. The van der Waals surface area contributed by atoms with Gasteiger partial charge in [0.15, 0.2) is 0 Å². The average Bonchev–Trinajstić information content (AvgIpc) is 2.67. The van der Waals surface area contributed by atoms with E-state index < -0.39 is 4.92 Å². The molecule has 1 amide bonds. The average molecular weight is 369 g/mol. The third kappa shape index (κ3) is 4.69. The number of non-ortho nitro benzene ring substituents is 1. The molecule has 0 aromatic heterocycles. The zero-order valence-electron chi connectivity index (χ0n) is 15.4. The van der Waals surface area contributed by atoms with Crippen molar-refractivity contribution in [2.45, 2.75) is 32.1 Å². The lowest BCUT2D eigenvalue weighted by Crippen LogP contribution is -2.51. The first-order valence-corrected chi connectivity index (χ1v) is 8.94. The van der Waals surface area contributed by atoms with Crippen molar-refractivity contribution in [2.75, 3.05) is 18.4 Å². The van der Waals surface area contributed by atoms with E-state index in [9.17, 15) is 14.9 Å². The van der Waals surface area contributed by atoms with E-state index in [1.165, 1.54) is 12.1 Å². The van der Waals surface area contributed by atoms with E-state index in [0.717, 1.165) is 5.56 Å². The van der Waals surface area contributed by atoms with E-state index >= 15 is 0 Å². The minimum atomic E-state index is -0.479. The fourth-order valence-corrected chi connectivity index (χ4v) is 3.26. The van der Waals surface area contributed by atoms with Crippen LogP contribution in [0, 0.1) is 10.1 Å². The molecule has 2 aromatic carbocycles. The van der Waals surface area contributed by atoms with Gasteiger partial charge in [-0.3, -0.25) is 19.8 Å². The highest BCUT2D eigenvalue weighted by molar-refractivity contribution is 5.94. The Bertz CT molecular complexity index is 812. The number of rotatable bonds is 5. The van der Waals surface area contributed by atoms with Gasteiger partial charge in [-0.15, -0.1) is 0 Å². The Balaban J connectivity index is 1.68. The highest BCUT2D eigenvalue weighted by atomic mass is 16.6. The van der Waals surface area contributed by atoms with Gasteiger partial charge in [0, 0.05) is 30.9 Å². The summed E-state index contributed by atoms with van der Waals surface area (Å²) in [6.45, 7) is 5.09. The minimum Gasteiger partial charge on any atom is -0.368 e. The smallest absolute Gasteiger partial charge is 0.271 e. The maximum Gasteiger partial charge on any atom is 0.271 e. The number of carbonyl (C=O) groups is 1. The van der Waals surface area contributed by atoms with Crippen molar-refractivity contribution in [3.63, 3.8) is 0 Å². The number of morpholine rings is 1. The monoisotopic (exact) mass is 369 g/mol. The molecule has 1 N–H and O–H groups in total. The van der Waals surface area contributed by atoms with Gasteiger partial charge in [-0.1, -0.05) is 36.4 Å². The normalized spacial score (nSPS) is 21.4. The molecule has 1 aliphatic rings. The lowest BCUT2D eigenvalue weighted by atomic mass is 10.1. The van der Waals surface area contributed by atoms with Gasteiger partial charge in [-0.25, -0.2) is 0 Å². The molecule has 1 fully saturated rings. The molecule has 0 bridgehead atoms. The second-order valence-electron chi connectivity index (χ2n) is 6.77. The molecule has 27 heavy (non-hydrogen) atoms. The number of hydrogen-bond acceptors (Lipinski definition) is 5. The summed E-state index contributed by atoms with van der Waals surface area (Å²) in [5.74, 6) is -0.198. The molecule has 3 rings (SSSR count). The number of ether oxygens (including phenoxy) is 1. The molecule has 0 aliphatic carbocycles. The van der Waals surface area contributed by atoms with E-state index in [-0.39, 0.29) is 29.8 Å². The summed E-state index contributed by atoms with van der Waals surface area (Å²) in [6, 6.07) is 15.5. The van der Waals surface area contributed by atoms with Crippen molar-refractivity contribution in [3.05, 3.63) is 70.3 Å². The number of nitro benzene ring substituents is 1. The number of nitro groups is 1. The lowest BCUT2D eigenvalue weighted by Gasteiger charge is -2.39. The summed E-state index contributed by atoms with van der Waals surface area (Å²) < 4.78 is 6.04. The highest BCUT2D eigenvalue weighted by Crippen LogP contribution is 2.26. The van der Waals surface area contributed by atoms with E-state index in [1.54, 1.807) is 12.1 Å². The van der Waals surface area contributed by atoms with Gasteiger partial charge in [0.05, 0.1) is 23.2 Å².